The molecule has 0 spiro atoms. The molecule has 11 heteroatoms. The van der Waals surface area contributed by atoms with Crippen molar-refractivity contribution in [2.45, 2.75) is 24.2 Å². The molecule has 35 heavy (non-hydrogen) atoms. The van der Waals surface area contributed by atoms with Crippen LogP contribution in [0.4, 0.5) is 5.13 Å². The van der Waals surface area contributed by atoms with Crippen LogP contribution in [0.25, 0.3) is 10.2 Å². The highest BCUT2D eigenvalue weighted by molar-refractivity contribution is 7.89. The number of halogens is 1. The number of ether oxygens (including phenoxy) is 1. The molecule has 2 aromatic carbocycles. The Morgan fingerprint density at radius 3 is 2.40 bits per heavy atom. The van der Waals surface area contributed by atoms with Crippen molar-refractivity contribution in [3.8, 4) is 5.75 Å². The third-order valence-electron chi connectivity index (χ3n) is 5.85. The first-order valence-electron chi connectivity index (χ1n) is 11.3. The number of thiazole rings is 1. The number of hydrogen-bond acceptors (Lipinski definition) is 7. The zero-order valence-electron chi connectivity index (χ0n) is 20.1. The number of carbonyl (C=O) groups is 1. The molecule has 1 saturated heterocycles. The summed E-state index contributed by atoms with van der Waals surface area (Å²) in [6, 6.07) is 11.9. The topological polar surface area (TPSA) is 83.0 Å². The summed E-state index contributed by atoms with van der Waals surface area (Å²) in [6.45, 7) is 2.42. The van der Waals surface area contributed by atoms with Gasteiger partial charge in [0.15, 0.2) is 5.13 Å². The summed E-state index contributed by atoms with van der Waals surface area (Å²) in [5, 5.41) is 0.612. The molecule has 1 aromatic heterocycles. The van der Waals surface area contributed by atoms with E-state index < -0.39 is 10.0 Å². The predicted octanol–water partition coefficient (Wildman–Crippen LogP) is 4.11. The minimum Gasteiger partial charge on any atom is -0.497 e. The largest absolute Gasteiger partial charge is 0.497 e. The Morgan fingerprint density at radius 2 is 1.77 bits per heavy atom. The van der Waals surface area contributed by atoms with Gasteiger partial charge in [0.2, 0.25) is 10.0 Å². The van der Waals surface area contributed by atoms with Crippen molar-refractivity contribution in [1.82, 2.24) is 14.2 Å². The third kappa shape index (κ3) is 6.13. The molecule has 0 atom stereocenters. The van der Waals surface area contributed by atoms with E-state index in [0.717, 1.165) is 41.8 Å². The molecular formula is C24H31ClN4O4S2. The molecule has 1 aliphatic rings. The van der Waals surface area contributed by atoms with Crippen molar-refractivity contribution in [2.75, 3.05) is 52.3 Å². The monoisotopic (exact) mass is 538 g/mol. The van der Waals surface area contributed by atoms with E-state index in [4.69, 9.17) is 9.72 Å². The van der Waals surface area contributed by atoms with E-state index in [1.165, 1.54) is 27.8 Å². The van der Waals surface area contributed by atoms with Crippen LogP contribution in [0.15, 0.2) is 47.4 Å². The number of fused-ring (bicyclic) bond motifs is 1. The number of amides is 1. The van der Waals surface area contributed by atoms with E-state index in [2.05, 4.69) is 4.90 Å². The Morgan fingerprint density at radius 1 is 1.09 bits per heavy atom. The lowest BCUT2D eigenvalue weighted by Crippen LogP contribution is -2.33. The standard InChI is InChI=1S/C24H30N4O4S2.ClH/c1-26(2)13-6-16-28(24-25-21-12-9-19(32-3)17-22(21)33-24)23(29)18-7-10-20(11-8-18)34(30,31)27-14-4-5-15-27;/h7-12,17H,4-6,13-16H2,1-3H3;1H. The molecule has 0 bridgehead atoms. The number of benzene rings is 2. The van der Waals surface area contributed by atoms with Gasteiger partial charge in [0.1, 0.15) is 5.75 Å². The summed E-state index contributed by atoms with van der Waals surface area (Å²) in [5.41, 5.74) is 1.24. The first-order chi connectivity index (χ1) is 16.3. The lowest BCUT2D eigenvalue weighted by atomic mass is 10.2. The summed E-state index contributed by atoms with van der Waals surface area (Å²) < 4.78 is 33.4. The average molecular weight is 539 g/mol. The Hall–Kier alpha value is -2.24. The number of rotatable bonds is 9. The highest BCUT2D eigenvalue weighted by Crippen LogP contribution is 2.32. The van der Waals surface area contributed by atoms with Crippen LogP contribution in [0, 0.1) is 0 Å². The minimum absolute atomic E-state index is 0. The van der Waals surface area contributed by atoms with Gasteiger partial charge in [-0.2, -0.15) is 4.31 Å². The Kier molecular flexibility index (Phi) is 9.11. The van der Waals surface area contributed by atoms with Gasteiger partial charge < -0.3 is 9.64 Å². The zero-order chi connectivity index (χ0) is 24.3. The molecule has 190 valence electrons. The van der Waals surface area contributed by atoms with Crippen molar-refractivity contribution in [1.29, 1.82) is 0 Å². The van der Waals surface area contributed by atoms with Crippen LogP contribution in [0.2, 0.25) is 0 Å². The van der Waals surface area contributed by atoms with Crippen LogP contribution in [-0.4, -0.2) is 75.9 Å². The maximum Gasteiger partial charge on any atom is 0.260 e. The second kappa shape index (κ2) is 11.7. The summed E-state index contributed by atoms with van der Waals surface area (Å²) in [4.78, 5) is 22.2. The fourth-order valence-corrected chi connectivity index (χ4v) is 6.50. The number of aromatic nitrogens is 1. The van der Waals surface area contributed by atoms with E-state index in [9.17, 15) is 13.2 Å². The van der Waals surface area contributed by atoms with Crippen molar-refractivity contribution in [3.63, 3.8) is 0 Å². The van der Waals surface area contributed by atoms with Gasteiger partial charge in [-0.3, -0.25) is 9.69 Å². The maximum absolute atomic E-state index is 13.5. The van der Waals surface area contributed by atoms with E-state index in [0.29, 0.717) is 30.3 Å². The summed E-state index contributed by atoms with van der Waals surface area (Å²) in [6.07, 6.45) is 2.54. The van der Waals surface area contributed by atoms with E-state index in [1.807, 2.05) is 32.3 Å². The van der Waals surface area contributed by atoms with Gasteiger partial charge >= 0.3 is 0 Å². The van der Waals surface area contributed by atoms with Gasteiger partial charge in [-0.25, -0.2) is 13.4 Å². The fourth-order valence-electron chi connectivity index (χ4n) is 3.97. The van der Waals surface area contributed by atoms with Gasteiger partial charge in [0, 0.05) is 25.2 Å². The van der Waals surface area contributed by atoms with Crippen molar-refractivity contribution >= 4 is 55.0 Å². The maximum atomic E-state index is 13.5. The SMILES string of the molecule is COc1ccc2nc(N(CCCN(C)C)C(=O)c3ccc(S(=O)(=O)N4CCCC4)cc3)sc2c1.Cl. The van der Waals surface area contributed by atoms with Crippen molar-refractivity contribution < 1.29 is 17.9 Å². The normalized spacial score (nSPS) is 14.3. The van der Waals surface area contributed by atoms with Crippen LogP contribution >= 0.6 is 23.7 Å². The van der Waals surface area contributed by atoms with Gasteiger partial charge in [-0.1, -0.05) is 11.3 Å². The van der Waals surface area contributed by atoms with Crippen molar-refractivity contribution in [2.24, 2.45) is 0 Å². The lowest BCUT2D eigenvalue weighted by Gasteiger charge is -2.21. The number of nitrogens with zero attached hydrogens (tertiary/aromatic N) is 4. The molecule has 0 aliphatic carbocycles. The molecule has 1 amide bonds. The smallest absolute Gasteiger partial charge is 0.260 e. The molecule has 0 unspecified atom stereocenters. The van der Waals surface area contributed by atoms with Crippen LogP contribution in [0.1, 0.15) is 29.6 Å². The van der Waals surface area contributed by atoms with E-state index in [1.54, 1.807) is 24.1 Å². The van der Waals surface area contributed by atoms with Crippen LogP contribution in [0.5, 0.6) is 5.75 Å². The molecule has 8 nitrogen and oxygen atoms in total. The second-order valence-electron chi connectivity index (χ2n) is 8.58. The van der Waals surface area contributed by atoms with Crippen molar-refractivity contribution in [3.05, 3.63) is 48.0 Å². The van der Waals surface area contributed by atoms with Gasteiger partial charge in [-0.05, 0) is 82.4 Å². The number of anilines is 1. The molecule has 0 radical (unpaired) electrons. The average Bonchev–Trinajstić information content (AvgIpc) is 3.51. The molecule has 3 aromatic rings. The Labute approximate surface area is 217 Å². The molecule has 4 rings (SSSR count). The fraction of sp³-hybridized carbons (Fsp3) is 0.417. The highest BCUT2D eigenvalue weighted by atomic mass is 35.5. The first kappa shape index (κ1) is 27.3. The number of carbonyl (C=O) groups excluding carboxylic acids is 1. The van der Waals surface area contributed by atoms with E-state index in [-0.39, 0.29) is 23.2 Å². The first-order valence-corrected chi connectivity index (χ1v) is 13.6. The molecule has 1 fully saturated rings. The van der Waals surface area contributed by atoms with Crippen LogP contribution in [-0.2, 0) is 10.0 Å². The van der Waals surface area contributed by atoms with Gasteiger partial charge in [0.05, 0.1) is 22.2 Å². The van der Waals surface area contributed by atoms with Crippen LogP contribution < -0.4 is 9.64 Å². The Bertz CT molecular complexity index is 1260. The quantitative estimate of drug-likeness (QED) is 0.408. The summed E-state index contributed by atoms with van der Waals surface area (Å²) >= 11 is 1.44. The summed E-state index contributed by atoms with van der Waals surface area (Å²) in [7, 11) is 2.09. The second-order valence-corrected chi connectivity index (χ2v) is 11.5. The summed E-state index contributed by atoms with van der Waals surface area (Å²) in [5.74, 6) is 0.540. The Balaban J connectivity index is 0.00000342. The highest BCUT2D eigenvalue weighted by Gasteiger charge is 2.28. The number of methoxy groups -OCH3 is 1. The zero-order valence-corrected chi connectivity index (χ0v) is 22.6. The minimum atomic E-state index is -3.52. The third-order valence-corrected chi connectivity index (χ3v) is 8.81. The molecule has 0 N–H and O–H groups in total. The van der Waals surface area contributed by atoms with Gasteiger partial charge in [0.25, 0.3) is 5.91 Å². The molecule has 2 heterocycles. The number of hydrogen-bond donors (Lipinski definition) is 0. The molecule has 1 aliphatic heterocycles. The predicted molar refractivity (Wildman–Crippen MR) is 143 cm³/mol. The molecular weight excluding hydrogens is 508 g/mol. The lowest BCUT2D eigenvalue weighted by molar-refractivity contribution is 0.0986. The molecule has 0 saturated carbocycles. The number of sulfonamides is 1. The van der Waals surface area contributed by atoms with Crippen LogP contribution in [0.3, 0.4) is 0 Å². The van der Waals surface area contributed by atoms with E-state index >= 15 is 0 Å². The van der Waals surface area contributed by atoms with Gasteiger partial charge in [-0.15, -0.1) is 12.4 Å².